The van der Waals surface area contributed by atoms with Crippen LogP contribution in [-0.2, 0) is 11.0 Å². The van der Waals surface area contributed by atoms with E-state index >= 15 is 0 Å². The quantitative estimate of drug-likeness (QED) is 0.571. The summed E-state index contributed by atoms with van der Waals surface area (Å²) in [6.07, 6.45) is -4.40. The minimum atomic E-state index is -4.40. The largest absolute Gasteiger partial charge is 0.457 e. The van der Waals surface area contributed by atoms with E-state index in [1.807, 2.05) is 13.0 Å². The summed E-state index contributed by atoms with van der Waals surface area (Å²) < 4.78 is 44.1. The number of nitrogens with zero attached hydrogens (tertiary/aromatic N) is 1. The molecule has 0 aromatic heterocycles. The van der Waals surface area contributed by atoms with Gasteiger partial charge in [0.05, 0.1) is 5.56 Å². The SMILES string of the molecule is CC(=O)N1CC([C@H](C)NC(=O)c2ccc3c(Oc4ccc(C(F)(F)F)cc4)cccc3c2)C1. The Morgan fingerprint density at radius 1 is 1.06 bits per heavy atom. The number of nitrogens with one attached hydrogen (secondary N) is 1. The van der Waals surface area contributed by atoms with Gasteiger partial charge in [-0.15, -0.1) is 0 Å². The van der Waals surface area contributed by atoms with E-state index in [0.717, 1.165) is 22.9 Å². The third kappa shape index (κ3) is 4.94. The number of alkyl halides is 3. The average Bonchev–Trinajstić information content (AvgIpc) is 2.72. The van der Waals surface area contributed by atoms with Gasteiger partial charge < -0.3 is 15.0 Å². The summed E-state index contributed by atoms with van der Waals surface area (Å²) in [5, 5.41) is 4.50. The van der Waals surface area contributed by atoms with Gasteiger partial charge in [0, 0.05) is 42.9 Å². The van der Waals surface area contributed by atoms with Gasteiger partial charge in [-0.25, -0.2) is 0 Å². The van der Waals surface area contributed by atoms with Gasteiger partial charge in [0.1, 0.15) is 11.5 Å². The number of carbonyl (C=O) groups is 2. The number of rotatable bonds is 5. The highest BCUT2D eigenvalue weighted by Crippen LogP contribution is 2.34. The van der Waals surface area contributed by atoms with Crippen molar-refractivity contribution in [2.45, 2.75) is 26.1 Å². The molecular weight excluding hydrogens is 433 g/mol. The summed E-state index contributed by atoms with van der Waals surface area (Å²) in [5.41, 5.74) is -0.252. The van der Waals surface area contributed by atoms with E-state index in [1.165, 1.54) is 19.1 Å². The van der Waals surface area contributed by atoms with Crippen molar-refractivity contribution in [2.75, 3.05) is 13.1 Å². The van der Waals surface area contributed by atoms with E-state index in [-0.39, 0.29) is 29.5 Å². The molecule has 0 spiro atoms. The van der Waals surface area contributed by atoms with Gasteiger partial charge in [0.2, 0.25) is 5.91 Å². The van der Waals surface area contributed by atoms with Crippen LogP contribution in [0.3, 0.4) is 0 Å². The molecule has 4 rings (SSSR count). The molecule has 0 aliphatic carbocycles. The van der Waals surface area contributed by atoms with Crippen LogP contribution in [0.2, 0.25) is 0 Å². The molecule has 1 fully saturated rings. The number of fused-ring (bicyclic) bond motifs is 1. The first kappa shape index (κ1) is 22.6. The Kier molecular flexibility index (Phi) is 6.01. The highest BCUT2D eigenvalue weighted by Gasteiger charge is 2.33. The minimum Gasteiger partial charge on any atom is -0.457 e. The third-order valence-electron chi connectivity index (χ3n) is 5.93. The number of halogens is 3. The van der Waals surface area contributed by atoms with Crippen molar-refractivity contribution in [3.05, 3.63) is 71.8 Å². The van der Waals surface area contributed by atoms with Crippen molar-refractivity contribution in [3.8, 4) is 11.5 Å². The molecular formula is C25H23F3N2O3. The van der Waals surface area contributed by atoms with Gasteiger partial charge in [0.15, 0.2) is 0 Å². The van der Waals surface area contributed by atoms with Crippen LogP contribution in [0.25, 0.3) is 10.8 Å². The highest BCUT2D eigenvalue weighted by atomic mass is 19.4. The Labute approximate surface area is 189 Å². The van der Waals surface area contributed by atoms with Crippen molar-refractivity contribution >= 4 is 22.6 Å². The van der Waals surface area contributed by atoms with E-state index in [2.05, 4.69) is 5.32 Å². The van der Waals surface area contributed by atoms with Crippen LogP contribution in [0.1, 0.15) is 29.8 Å². The van der Waals surface area contributed by atoms with E-state index in [1.54, 1.807) is 35.2 Å². The lowest BCUT2D eigenvalue weighted by atomic mass is 9.92. The van der Waals surface area contributed by atoms with Crippen molar-refractivity contribution in [1.29, 1.82) is 0 Å². The lowest BCUT2D eigenvalue weighted by Gasteiger charge is -2.42. The summed E-state index contributed by atoms with van der Waals surface area (Å²) in [5.74, 6) is 0.813. The van der Waals surface area contributed by atoms with Crippen molar-refractivity contribution in [2.24, 2.45) is 5.92 Å². The molecule has 3 aromatic carbocycles. The number of ether oxygens (including phenoxy) is 1. The Morgan fingerprint density at radius 3 is 2.39 bits per heavy atom. The van der Waals surface area contributed by atoms with Gasteiger partial charge in [0.25, 0.3) is 5.91 Å². The lowest BCUT2D eigenvalue weighted by Crippen LogP contribution is -2.56. The molecule has 33 heavy (non-hydrogen) atoms. The van der Waals surface area contributed by atoms with Crippen molar-refractivity contribution in [1.82, 2.24) is 10.2 Å². The monoisotopic (exact) mass is 456 g/mol. The highest BCUT2D eigenvalue weighted by molar-refractivity contribution is 6.00. The molecule has 5 nitrogen and oxygen atoms in total. The molecule has 8 heteroatoms. The second-order valence-electron chi connectivity index (χ2n) is 8.26. The standard InChI is InChI=1S/C25H23F3N2O3/c1-15(19-13-30(14-19)16(2)31)29-24(32)18-6-11-22-17(12-18)4-3-5-23(22)33-21-9-7-20(8-10-21)25(26,27)28/h3-12,15,19H,13-14H2,1-2H3,(H,29,32)/t15-/m0/s1. The Bertz CT molecular complexity index is 1190. The summed E-state index contributed by atoms with van der Waals surface area (Å²) in [6.45, 7) is 4.74. The molecule has 0 radical (unpaired) electrons. The molecule has 1 N–H and O–H groups in total. The number of hydrogen-bond donors (Lipinski definition) is 1. The maximum atomic E-state index is 12.8. The van der Waals surface area contributed by atoms with Crippen molar-refractivity contribution < 1.29 is 27.5 Å². The zero-order valence-electron chi connectivity index (χ0n) is 18.1. The molecule has 3 aromatic rings. The molecule has 1 aliphatic rings. The topological polar surface area (TPSA) is 58.6 Å². The first-order valence-corrected chi connectivity index (χ1v) is 10.6. The van der Waals surface area contributed by atoms with Crippen LogP contribution in [0.15, 0.2) is 60.7 Å². The molecule has 1 saturated heterocycles. The van der Waals surface area contributed by atoms with Gasteiger partial charge in [-0.3, -0.25) is 9.59 Å². The van der Waals surface area contributed by atoms with Crippen LogP contribution < -0.4 is 10.1 Å². The number of hydrogen-bond acceptors (Lipinski definition) is 3. The second kappa shape index (κ2) is 8.77. The number of likely N-dealkylation sites (tertiary alicyclic amines) is 1. The minimum absolute atomic E-state index is 0.0358. The zero-order chi connectivity index (χ0) is 23.8. The first-order chi connectivity index (χ1) is 15.6. The summed E-state index contributed by atoms with van der Waals surface area (Å²) in [7, 11) is 0. The predicted octanol–water partition coefficient (Wildman–Crippen LogP) is 5.25. The van der Waals surface area contributed by atoms with Crippen LogP contribution in [0, 0.1) is 5.92 Å². The number of benzene rings is 3. The molecule has 1 heterocycles. The fourth-order valence-electron chi connectivity index (χ4n) is 3.82. The Morgan fingerprint density at radius 2 is 1.76 bits per heavy atom. The fourth-order valence-corrected chi connectivity index (χ4v) is 3.82. The molecule has 0 unspecified atom stereocenters. The first-order valence-electron chi connectivity index (χ1n) is 10.6. The normalized spacial score (nSPS) is 15.1. The average molecular weight is 456 g/mol. The van der Waals surface area contributed by atoms with E-state index < -0.39 is 11.7 Å². The smallest absolute Gasteiger partial charge is 0.416 e. The summed E-state index contributed by atoms with van der Waals surface area (Å²) in [4.78, 5) is 25.8. The van der Waals surface area contributed by atoms with E-state index in [0.29, 0.717) is 24.4 Å². The molecule has 0 saturated carbocycles. The van der Waals surface area contributed by atoms with Crippen molar-refractivity contribution in [3.63, 3.8) is 0 Å². The Hall–Kier alpha value is -3.55. The fraction of sp³-hybridized carbons (Fsp3) is 0.280. The van der Waals surface area contributed by atoms with Crippen LogP contribution in [-0.4, -0.2) is 35.8 Å². The summed E-state index contributed by atoms with van der Waals surface area (Å²) in [6, 6.07) is 14.9. The third-order valence-corrected chi connectivity index (χ3v) is 5.93. The van der Waals surface area contributed by atoms with Crippen LogP contribution >= 0.6 is 0 Å². The van der Waals surface area contributed by atoms with Crippen LogP contribution in [0.5, 0.6) is 11.5 Å². The zero-order valence-corrected chi connectivity index (χ0v) is 18.1. The second-order valence-corrected chi connectivity index (χ2v) is 8.26. The van der Waals surface area contributed by atoms with E-state index in [9.17, 15) is 22.8 Å². The molecule has 1 aliphatic heterocycles. The lowest BCUT2D eigenvalue weighted by molar-refractivity contribution is -0.137. The molecule has 1 atom stereocenters. The number of amides is 2. The molecule has 0 bridgehead atoms. The number of carbonyl (C=O) groups excluding carboxylic acids is 2. The van der Waals surface area contributed by atoms with E-state index in [4.69, 9.17) is 4.74 Å². The predicted molar refractivity (Wildman–Crippen MR) is 118 cm³/mol. The van der Waals surface area contributed by atoms with Gasteiger partial charge >= 0.3 is 6.18 Å². The molecule has 2 amide bonds. The van der Waals surface area contributed by atoms with Gasteiger partial charge in [-0.05, 0) is 60.8 Å². The van der Waals surface area contributed by atoms with Crippen LogP contribution in [0.4, 0.5) is 13.2 Å². The maximum absolute atomic E-state index is 12.8. The van der Waals surface area contributed by atoms with Gasteiger partial charge in [-0.2, -0.15) is 13.2 Å². The summed E-state index contributed by atoms with van der Waals surface area (Å²) >= 11 is 0. The Balaban J connectivity index is 1.46. The maximum Gasteiger partial charge on any atom is 0.416 e. The molecule has 172 valence electrons. The van der Waals surface area contributed by atoms with Gasteiger partial charge in [-0.1, -0.05) is 12.1 Å².